The quantitative estimate of drug-likeness (QED) is 0.354. The van der Waals surface area contributed by atoms with Gasteiger partial charge in [0, 0.05) is 25.4 Å². The summed E-state index contributed by atoms with van der Waals surface area (Å²) in [6.45, 7) is 1.63. The fourth-order valence-electron chi connectivity index (χ4n) is 2.41. The molecule has 0 bridgehead atoms. The first-order chi connectivity index (χ1) is 12.9. The molecule has 0 spiro atoms. The van der Waals surface area contributed by atoms with E-state index in [0.29, 0.717) is 24.3 Å². The highest BCUT2D eigenvalue weighted by Gasteiger charge is 2.23. The second kappa shape index (κ2) is 9.15. The Morgan fingerprint density at radius 2 is 1.96 bits per heavy atom. The van der Waals surface area contributed by atoms with Gasteiger partial charge in [0.05, 0.1) is 5.69 Å². The topological polar surface area (TPSA) is 99.2 Å². The van der Waals surface area contributed by atoms with E-state index < -0.39 is 11.8 Å². The van der Waals surface area contributed by atoms with E-state index in [-0.39, 0.29) is 11.4 Å². The molecule has 0 aliphatic heterocycles. The molecule has 0 aliphatic rings. The van der Waals surface area contributed by atoms with Crippen LogP contribution in [0.1, 0.15) is 12.5 Å². The minimum absolute atomic E-state index is 0.221. The summed E-state index contributed by atoms with van der Waals surface area (Å²) in [5.41, 5.74) is 6.99. The summed E-state index contributed by atoms with van der Waals surface area (Å²) in [7, 11) is 0. The number of anilines is 2. The summed E-state index contributed by atoms with van der Waals surface area (Å²) in [6.07, 6.45) is 1.77. The third kappa shape index (κ3) is 5.41. The average molecular weight is 366 g/mol. The zero-order valence-corrected chi connectivity index (χ0v) is 14.8. The van der Waals surface area contributed by atoms with Crippen LogP contribution in [0.4, 0.5) is 15.8 Å². The summed E-state index contributed by atoms with van der Waals surface area (Å²) in [6, 6.07) is 14.1. The van der Waals surface area contributed by atoms with Gasteiger partial charge in [-0.25, -0.2) is 9.29 Å². The summed E-state index contributed by atoms with van der Waals surface area (Å²) in [4.78, 5) is 25.4. The molecule has 2 amide bonds. The number of imide groups is 1. The van der Waals surface area contributed by atoms with Crippen molar-refractivity contribution in [3.05, 3.63) is 71.7 Å². The predicted octanol–water partition coefficient (Wildman–Crippen LogP) is 2.53. The third-order valence-corrected chi connectivity index (χ3v) is 3.71. The largest absolute Gasteiger partial charge is 0.399 e. The smallest absolute Gasteiger partial charge is 0.277 e. The van der Waals surface area contributed by atoms with Gasteiger partial charge >= 0.3 is 0 Å². The highest BCUT2D eigenvalue weighted by molar-refractivity contribution is 6.21. The molecule has 3 N–H and O–H groups in total. The monoisotopic (exact) mass is 366 g/mol. The van der Waals surface area contributed by atoms with Crippen molar-refractivity contribution in [3.63, 3.8) is 0 Å². The molecule has 0 heterocycles. The van der Waals surface area contributed by atoms with Crippen molar-refractivity contribution in [1.82, 2.24) is 5.32 Å². The number of nitrogens with one attached hydrogen (secondary N) is 1. The number of carbonyl (C=O) groups is 2. The van der Waals surface area contributed by atoms with Crippen molar-refractivity contribution in [1.29, 1.82) is 5.26 Å². The number of carbonyl (C=O) groups excluding carboxylic acids is 2. The molecule has 2 aromatic carbocycles. The van der Waals surface area contributed by atoms with E-state index in [2.05, 4.69) is 5.32 Å². The van der Waals surface area contributed by atoms with E-state index in [1.54, 1.807) is 30.3 Å². The Balaban J connectivity index is 2.08. The van der Waals surface area contributed by atoms with E-state index >= 15 is 0 Å². The van der Waals surface area contributed by atoms with E-state index in [1.807, 2.05) is 0 Å². The number of hydrogen-bond donors (Lipinski definition) is 2. The molecule has 0 unspecified atom stereocenters. The minimum Gasteiger partial charge on any atom is -0.399 e. The number of benzene rings is 2. The first kappa shape index (κ1) is 19.7. The molecule has 7 heteroatoms. The lowest BCUT2D eigenvalue weighted by atomic mass is 10.1. The van der Waals surface area contributed by atoms with Crippen LogP contribution in [0, 0.1) is 17.1 Å². The zero-order valence-electron chi connectivity index (χ0n) is 14.8. The van der Waals surface area contributed by atoms with Crippen LogP contribution in [0.5, 0.6) is 0 Å². The second-order valence-electron chi connectivity index (χ2n) is 5.75. The van der Waals surface area contributed by atoms with Gasteiger partial charge in [0.25, 0.3) is 5.91 Å². The van der Waals surface area contributed by atoms with Crippen LogP contribution in [-0.2, 0) is 16.0 Å². The van der Waals surface area contributed by atoms with Crippen molar-refractivity contribution >= 4 is 23.2 Å². The second-order valence-corrected chi connectivity index (χ2v) is 5.75. The maximum absolute atomic E-state index is 13.2. The minimum atomic E-state index is -0.743. The molecule has 0 saturated heterocycles. The Bertz CT molecular complexity index is 901. The molecule has 0 aliphatic carbocycles. The molecule has 138 valence electrons. The molecular weight excluding hydrogens is 347 g/mol. The molecule has 2 aromatic rings. The summed E-state index contributed by atoms with van der Waals surface area (Å²) < 4.78 is 13.2. The van der Waals surface area contributed by atoms with E-state index in [9.17, 15) is 19.2 Å². The fourth-order valence-corrected chi connectivity index (χ4v) is 2.41. The molecule has 2 rings (SSSR count). The Labute approximate surface area is 156 Å². The van der Waals surface area contributed by atoms with Crippen LogP contribution in [-0.4, -0.2) is 18.4 Å². The summed E-state index contributed by atoms with van der Waals surface area (Å²) in [5, 5.41) is 12.1. The van der Waals surface area contributed by atoms with Gasteiger partial charge in [-0.3, -0.25) is 9.59 Å². The van der Waals surface area contributed by atoms with Gasteiger partial charge in [-0.1, -0.05) is 12.1 Å². The molecule has 6 nitrogen and oxygen atoms in total. The molecular formula is C20H19FN4O2. The highest BCUT2D eigenvalue weighted by Crippen LogP contribution is 2.18. The Morgan fingerprint density at radius 3 is 2.56 bits per heavy atom. The van der Waals surface area contributed by atoms with Crippen molar-refractivity contribution in [3.8, 4) is 6.07 Å². The first-order valence-electron chi connectivity index (χ1n) is 8.21. The van der Waals surface area contributed by atoms with Crippen LogP contribution in [0.2, 0.25) is 0 Å². The molecule has 0 fully saturated rings. The molecule has 0 atom stereocenters. The Morgan fingerprint density at radius 1 is 1.26 bits per heavy atom. The van der Waals surface area contributed by atoms with Crippen LogP contribution >= 0.6 is 0 Å². The van der Waals surface area contributed by atoms with Gasteiger partial charge in [0.2, 0.25) is 5.91 Å². The average Bonchev–Trinajstić information content (AvgIpc) is 2.63. The molecule has 0 aromatic heterocycles. The number of halogens is 1. The number of nitriles is 1. The van der Waals surface area contributed by atoms with Gasteiger partial charge in [-0.2, -0.15) is 5.26 Å². The lowest BCUT2D eigenvalue weighted by molar-refractivity contribution is -0.123. The molecule has 0 radical (unpaired) electrons. The molecule has 27 heavy (non-hydrogen) atoms. The number of nitrogens with two attached hydrogens (primary N) is 1. The lowest BCUT2D eigenvalue weighted by Gasteiger charge is -2.19. The van der Waals surface area contributed by atoms with Crippen LogP contribution in [0.3, 0.4) is 0 Å². The van der Waals surface area contributed by atoms with Crippen LogP contribution in [0.25, 0.3) is 0 Å². The maximum atomic E-state index is 13.2. The van der Waals surface area contributed by atoms with E-state index in [4.69, 9.17) is 5.73 Å². The molecule has 0 saturated carbocycles. The SMILES string of the molecule is CC(=O)N(C(=O)/C(C#N)=C\NCCc1cccc(F)c1)c1ccc(N)cc1. The van der Waals surface area contributed by atoms with Crippen LogP contribution in [0.15, 0.2) is 60.3 Å². The van der Waals surface area contributed by atoms with Gasteiger partial charge in [-0.15, -0.1) is 0 Å². The predicted molar refractivity (Wildman–Crippen MR) is 101 cm³/mol. The van der Waals surface area contributed by atoms with E-state index in [0.717, 1.165) is 10.5 Å². The number of nitrogens with zero attached hydrogens (tertiary/aromatic N) is 2. The standard InChI is InChI=1S/C20H19FN4O2/c1-14(26)25(19-7-5-18(23)6-8-19)20(27)16(12-22)13-24-10-9-15-3-2-4-17(21)11-15/h2-8,11,13,24H,9-10,23H2,1H3/b16-13-. The highest BCUT2D eigenvalue weighted by atomic mass is 19.1. The van der Waals surface area contributed by atoms with Crippen molar-refractivity contribution < 1.29 is 14.0 Å². The number of nitrogen functional groups attached to an aromatic ring is 1. The van der Waals surface area contributed by atoms with Gasteiger partial charge < -0.3 is 11.1 Å². The summed E-state index contributed by atoms with van der Waals surface area (Å²) in [5.74, 6) is -1.59. The first-order valence-corrected chi connectivity index (χ1v) is 8.21. The number of rotatable bonds is 6. The van der Waals surface area contributed by atoms with Crippen molar-refractivity contribution in [2.45, 2.75) is 13.3 Å². The van der Waals surface area contributed by atoms with Gasteiger partial charge in [-0.05, 0) is 48.4 Å². The Kier molecular flexibility index (Phi) is 6.67. The van der Waals surface area contributed by atoms with Crippen molar-refractivity contribution in [2.75, 3.05) is 17.2 Å². The zero-order chi connectivity index (χ0) is 19.8. The van der Waals surface area contributed by atoms with Crippen LogP contribution < -0.4 is 16.0 Å². The van der Waals surface area contributed by atoms with Gasteiger partial charge in [0.1, 0.15) is 17.5 Å². The maximum Gasteiger partial charge on any atom is 0.277 e. The lowest BCUT2D eigenvalue weighted by Crippen LogP contribution is -2.36. The number of amides is 2. The normalized spacial score (nSPS) is 10.8. The van der Waals surface area contributed by atoms with Gasteiger partial charge in [0.15, 0.2) is 0 Å². The third-order valence-electron chi connectivity index (χ3n) is 3.71. The Hall–Kier alpha value is -3.66. The summed E-state index contributed by atoms with van der Waals surface area (Å²) >= 11 is 0. The van der Waals surface area contributed by atoms with E-state index in [1.165, 1.54) is 37.4 Å². The van der Waals surface area contributed by atoms with Crippen molar-refractivity contribution in [2.24, 2.45) is 0 Å². The number of hydrogen-bond acceptors (Lipinski definition) is 5. The fraction of sp³-hybridized carbons (Fsp3) is 0.150.